The summed E-state index contributed by atoms with van der Waals surface area (Å²) in [5.74, 6) is -1.80. The molecule has 0 bridgehead atoms. The highest BCUT2D eigenvalue weighted by Gasteiger charge is 2.26. The second-order valence-corrected chi connectivity index (χ2v) is 5.17. The van der Waals surface area contributed by atoms with Gasteiger partial charge in [-0.3, -0.25) is 4.79 Å². The maximum absolute atomic E-state index is 13.2. The lowest BCUT2D eigenvalue weighted by atomic mass is 10.0. The number of carboxylic acids is 1. The Hall–Kier alpha value is -2.37. The third-order valence-corrected chi connectivity index (χ3v) is 3.20. The number of benzene rings is 1. The van der Waals surface area contributed by atoms with Gasteiger partial charge in [0.15, 0.2) is 0 Å². The smallest absolute Gasteiger partial charge is 0.326 e. The van der Waals surface area contributed by atoms with Crippen molar-refractivity contribution in [3.63, 3.8) is 0 Å². The van der Waals surface area contributed by atoms with Crippen LogP contribution in [0.1, 0.15) is 19.4 Å². The van der Waals surface area contributed by atoms with Gasteiger partial charge >= 0.3 is 5.97 Å². The van der Waals surface area contributed by atoms with Gasteiger partial charge in [0.25, 0.3) is 5.91 Å². The second kappa shape index (κ2) is 5.95. The summed E-state index contributed by atoms with van der Waals surface area (Å²) < 4.78 is 18.6. The lowest BCUT2D eigenvalue weighted by molar-refractivity contribution is -0.142. The van der Waals surface area contributed by atoms with Crippen molar-refractivity contribution >= 4 is 18.0 Å². The van der Waals surface area contributed by atoms with Crippen molar-refractivity contribution in [1.82, 2.24) is 5.32 Å². The number of hydrogen-bond donors (Lipinski definition) is 2. The summed E-state index contributed by atoms with van der Waals surface area (Å²) in [4.78, 5) is 23.2. The first kappa shape index (κ1) is 15.0. The Kier molecular flexibility index (Phi) is 4.26. The molecular formula is C15H16FNO4. The molecule has 2 N–H and O–H groups in total. The zero-order valence-electron chi connectivity index (χ0n) is 11.7. The Labute approximate surface area is 121 Å². The number of hydrogen-bond acceptors (Lipinski definition) is 3. The van der Waals surface area contributed by atoms with Crippen LogP contribution < -0.4 is 10.1 Å². The molecule has 1 aliphatic heterocycles. The van der Waals surface area contributed by atoms with E-state index >= 15 is 0 Å². The van der Waals surface area contributed by atoms with Crippen molar-refractivity contribution in [3.8, 4) is 5.75 Å². The van der Waals surface area contributed by atoms with Crippen LogP contribution in [0, 0.1) is 11.7 Å². The topological polar surface area (TPSA) is 75.6 Å². The number of fused-ring (bicyclic) bond motifs is 1. The summed E-state index contributed by atoms with van der Waals surface area (Å²) >= 11 is 0. The van der Waals surface area contributed by atoms with E-state index in [0.717, 1.165) is 0 Å². The molecule has 0 saturated carbocycles. The SMILES string of the molecule is CC(C)[C@H](NC(=O)C1=Cc2cc(F)ccc2OC1)C(=O)O. The first-order chi connectivity index (χ1) is 9.88. The van der Waals surface area contributed by atoms with Crippen molar-refractivity contribution in [2.45, 2.75) is 19.9 Å². The number of nitrogens with one attached hydrogen (secondary N) is 1. The molecule has 0 unspecified atom stereocenters. The molecule has 1 heterocycles. The van der Waals surface area contributed by atoms with Gasteiger partial charge in [0.2, 0.25) is 0 Å². The first-order valence-electron chi connectivity index (χ1n) is 6.55. The molecule has 0 fully saturated rings. The average molecular weight is 293 g/mol. The second-order valence-electron chi connectivity index (χ2n) is 5.17. The third-order valence-electron chi connectivity index (χ3n) is 3.20. The summed E-state index contributed by atoms with van der Waals surface area (Å²) in [6, 6.07) is 3.05. The molecule has 0 spiro atoms. The first-order valence-corrected chi connectivity index (χ1v) is 6.55. The number of carboxylic acid groups (broad SMARTS) is 1. The molecule has 112 valence electrons. The van der Waals surface area contributed by atoms with E-state index in [0.29, 0.717) is 11.3 Å². The zero-order valence-corrected chi connectivity index (χ0v) is 11.7. The zero-order chi connectivity index (χ0) is 15.6. The van der Waals surface area contributed by atoms with E-state index in [2.05, 4.69) is 5.32 Å². The van der Waals surface area contributed by atoms with Crippen LogP contribution in [0.3, 0.4) is 0 Å². The maximum Gasteiger partial charge on any atom is 0.326 e. The van der Waals surface area contributed by atoms with Gasteiger partial charge in [-0.25, -0.2) is 9.18 Å². The van der Waals surface area contributed by atoms with Crippen molar-refractivity contribution in [1.29, 1.82) is 0 Å². The van der Waals surface area contributed by atoms with Gasteiger partial charge in [-0.2, -0.15) is 0 Å². The van der Waals surface area contributed by atoms with Crippen LogP contribution in [0.15, 0.2) is 23.8 Å². The van der Waals surface area contributed by atoms with Crippen molar-refractivity contribution in [3.05, 3.63) is 35.2 Å². The number of amides is 1. The number of halogens is 1. The van der Waals surface area contributed by atoms with E-state index < -0.39 is 23.7 Å². The normalized spacial score (nSPS) is 14.8. The van der Waals surface area contributed by atoms with Crippen LogP contribution in [0.2, 0.25) is 0 Å². The molecule has 1 aliphatic rings. The Morgan fingerprint density at radius 3 is 2.71 bits per heavy atom. The average Bonchev–Trinajstić information content (AvgIpc) is 2.42. The lowest BCUT2D eigenvalue weighted by Crippen LogP contribution is -2.45. The van der Waals surface area contributed by atoms with E-state index in [9.17, 15) is 14.0 Å². The standard InChI is InChI=1S/C15H16FNO4/c1-8(2)13(15(19)20)17-14(18)10-5-9-6-11(16)3-4-12(9)21-7-10/h3-6,8,13H,7H2,1-2H3,(H,17,18)(H,19,20)/t13-/m0/s1. The predicted molar refractivity (Wildman–Crippen MR) is 74.3 cm³/mol. The fourth-order valence-electron chi connectivity index (χ4n) is 2.03. The van der Waals surface area contributed by atoms with Crippen molar-refractivity contribution in [2.24, 2.45) is 5.92 Å². The molecular weight excluding hydrogens is 277 g/mol. The Balaban J connectivity index is 2.19. The van der Waals surface area contributed by atoms with Crippen molar-refractivity contribution in [2.75, 3.05) is 6.61 Å². The number of rotatable bonds is 4. The summed E-state index contributed by atoms with van der Waals surface area (Å²) in [6.07, 6.45) is 1.51. The van der Waals surface area contributed by atoms with Gasteiger partial charge in [0, 0.05) is 5.56 Å². The molecule has 1 aromatic rings. The van der Waals surface area contributed by atoms with Gasteiger partial charge in [0.05, 0.1) is 5.57 Å². The Bertz CT molecular complexity index is 610. The van der Waals surface area contributed by atoms with E-state index in [1.165, 1.54) is 24.3 Å². The number of ether oxygens (including phenoxy) is 1. The molecule has 6 heteroatoms. The molecule has 0 aromatic heterocycles. The van der Waals surface area contributed by atoms with Crippen LogP contribution >= 0.6 is 0 Å². The monoisotopic (exact) mass is 293 g/mol. The Morgan fingerprint density at radius 1 is 1.38 bits per heavy atom. The van der Waals surface area contributed by atoms with E-state index in [4.69, 9.17) is 9.84 Å². The molecule has 0 saturated heterocycles. The molecule has 1 aromatic carbocycles. The van der Waals surface area contributed by atoms with E-state index in [1.807, 2.05) is 0 Å². The van der Waals surface area contributed by atoms with Crippen LogP contribution in [0.25, 0.3) is 6.08 Å². The number of aliphatic carboxylic acids is 1. The molecule has 21 heavy (non-hydrogen) atoms. The fraction of sp³-hybridized carbons (Fsp3) is 0.333. The van der Waals surface area contributed by atoms with Crippen LogP contribution in [0.4, 0.5) is 4.39 Å². The summed E-state index contributed by atoms with van der Waals surface area (Å²) in [6.45, 7) is 3.43. The fourth-order valence-corrected chi connectivity index (χ4v) is 2.03. The molecule has 2 rings (SSSR count). The summed E-state index contributed by atoms with van der Waals surface area (Å²) in [5.41, 5.74) is 0.725. The minimum Gasteiger partial charge on any atom is -0.488 e. The van der Waals surface area contributed by atoms with Gasteiger partial charge in [-0.05, 0) is 30.2 Å². The number of carbonyl (C=O) groups is 2. The van der Waals surface area contributed by atoms with Crippen LogP contribution in [0.5, 0.6) is 5.75 Å². The van der Waals surface area contributed by atoms with Crippen LogP contribution in [-0.2, 0) is 9.59 Å². The van der Waals surface area contributed by atoms with Crippen molar-refractivity contribution < 1.29 is 23.8 Å². The summed E-state index contributed by atoms with van der Waals surface area (Å²) in [7, 11) is 0. The molecule has 1 amide bonds. The highest BCUT2D eigenvalue weighted by molar-refractivity contribution is 6.00. The maximum atomic E-state index is 13.2. The molecule has 0 radical (unpaired) electrons. The lowest BCUT2D eigenvalue weighted by Gasteiger charge is -2.21. The van der Waals surface area contributed by atoms with E-state index in [1.54, 1.807) is 13.8 Å². The van der Waals surface area contributed by atoms with Gasteiger partial charge in [0.1, 0.15) is 24.2 Å². The quantitative estimate of drug-likeness (QED) is 0.888. The summed E-state index contributed by atoms with van der Waals surface area (Å²) in [5, 5.41) is 11.5. The molecule has 0 aliphatic carbocycles. The largest absolute Gasteiger partial charge is 0.488 e. The highest BCUT2D eigenvalue weighted by Crippen LogP contribution is 2.27. The highest BCUT2D eigenvalue weighted by atomic mass is 19.1. The molecule has 5 nitrogen and oxygen atoms in total. The minimum absolute atomic E-state index is 0.0227. The van der Waals surface area contributed by atoms with Gasteiger partial charge < -0.3 is 15.2 Å². The van der Waals surface area contributed by atoms with E-state index in [-0.39, 0.29) is 18.1 Å². The van der Waals surface area contributed by atoms with Crippen LogP contribution in [-0.4, -0.2) is 29.6 Å². The predicted octanol–water partition coefficient (Wildman–Crippen LogP) is 1.83. The van der Waals surface area contributed by atoms with Gasteiger partial charge in [-0.1, -0.05) is 13.8 Å². The Morgan fingerprint density at radius 2 is 2.10 bits per heavy atom. The third kappa shape index (κ3) is 3.39. The molecule has 1 atom stereocenters. The number of carbonyl (C=O) groups excluding carboxylic acids is 1. The van der Waals surface area contributed by atoms with Gasteiger partial charge in [-0.15, -0.1) is 0 Å². The minimum atomic E-state index is -1.10.